The van der Waals surface area contributed by atoms with Crippen LogP contribution in [0.3, 0.4) is 0 Å². The number of ether oxygens (including phenoxy) is 1. The fourth-order valence-corrected chi connectivity index (χ4v) is 5.20. The molecule has 0 saturated heterocycles. The third-order valence-corrected chi connectivity index (χ3v) is 6.81. The molecule has 4 nitrogen and oxygen atoms in total. The summed E-state index contributed by atoms with van der Waals surface area (Å²) in [4.78, 5) is 26.0. The van der Waals surface area contributed by atoms with E-state index in [1.807, 2.05) is 6.07 Å². The zero-order chi connectivity index (χ0) is 18.1. The maximum Gasteiger partial charge on any atom is 0.341 e. The summed E-state index contributed by atoms with van der Waals surface area (Å²) in [5, 5.41) is 3.69. The third-order valence-electron chi connectivity index (χ3n) is 5.64. The molecule has 1 unspecified atom stereocenters. The van der Waals surface area contributed by atoms with Gasteiger partial charge in [-0.15, -0.1) is 11.3 Å². The van der Waals surface area contributed by atoms with Crippen molar-refractivity contribution < 1.29 is 14.3 Å². The number of methoxy groups -OCH3 is 1. The number of carbonyl (C=O) groups is 2. The van der Waals surface area contributed by atoms with Crippen LogP contribution in [0.15, 0.2) is 30.3 Å². The van der Waals surface area contributed by atoms with Crippen LogP contribution in [0.5, 0.6) is 0 Å². The summed E-state index contributed by atoms with van der Waals surface area (Å²) >= 11 is 1.55. The van der Waals surface area contributed by atoms with Crippen LogP contribution in [-0.4, -0.2) is 19.0 Å². The van der Waals surface area contributed by atoms with Crippen molar-refractivity contribution in [1.82, 2.24) is 0 Å². The smallest absolute Gasteiger partial charge is 0.341 e. The molecule has 1 aromatic carbocycles. The fraction of sp³-hybridized carbons (Fsp3) is 0.429. The number of fused-ring (bicyclic) bond motifs is 1. The van der Waals surface area contributed by atoms with Crippen LogP contribution in [0.4, 0.5) is 5.00 Å². The molecule has 2 aliphatic rings. The Bertz CT molecular complexity index is 823. The summed E-state index contributed by atoms with van der Waals surface area (Å²) in [5.41, 5.74) is 2.98. The van der Waals surface area contributed by atoms with Gasteiger partial charge in [-0.3, -0.25) is 4.79 Å². The summed E-state index contributed by atoms with van der Waals surface area (Å²) in [5.74, 6) is 0.254. The number of benzene rings is 1. The number of carbonyl (C=O) groups excluding carboxylic acids is 2. The highest BCUT2D eigenvalue weighted by atomic mass is 32.1. The van der Waals surface area contributed by atoms with E-state index in [1.165, 1.54) is 17.6 Å². The molecule has 1 fully saturated rings. The molecule has 5 heteroatoms. The second-order valence-electron chi connectivity index (χ2n) is 7.17. The molecule has 1 amide bonds. The number of anilines is 1. The van der Waals surface area contributed by atoms with Gasteiger partial charge in [-0.1, -0.05) is 36.8 Å². The maximum absolute atomic E-state index is 12.4. The molecule has 1 N–H and O–H groups in total. The summed E-state index contributed by atoms with van der Waals surface area (Å²) < 4.78 is 5.01. The van der Waals surface area contributed by atoms with Crippen molar-refractivity contribution in [3.05, 3.63) is 51.9 Å². The van der Waals surface area contributed by atoms with Crippen LogP contribution in [0, 0.1) is 5.92 Å². The Balaban J connectivity index is 1.62. The molecule has 0 spiro atoms. The van der Waals surface area contributed by atoms with E-state index in [9.17, 15) is 9.59 Å². The topological polar surface area (TPSA) is 55.4 Å². The van der Waals surface area contributed by atoms with Crippen molar-refractivity contribution in [3.63, 3.8) is 0 Å². The Morgan fingerprint density at radius 3 is 2.58 bits per heavy atom. The van der Waals surface area contributed by atoms with E-state index < -0.39 is 0 Å². The number of amides is 1. The highest BCUT2D eigenvalue weighted by molar-refractivity contribution is 7.17. The van der Waals surface area contributed by atoms with Crippen molar-refractivity contribution in [2.24, 2.45) is 5.92 Å². The van der Waals surface area contributed by atoms with Crippen molar-refractivity contribution >= 4 is 28.2 Å². The highest BCUT2D eigenvalue weighted by Crippen LogP contribution is 2.43. The monoisotopic (exact) mass is 369 g/mol. The number of hydrogen-bond donors (Lipinski definition) is 1. The van der Waals surface area contributed by atoms with E-state index >= 15 is 0 Å². The van der Waals surface area contributed by atoms with Crippen molar-refractivity contribution in [2.45, 2.75) is 44.4 Å². The Morgan fingerprint density at radius 1 is 1.15 bits per heavy atom. The Hall–Kier alpha value is -2.14. The Morgan fingerprint density at radius 2 is 1.92 bits per heavy atom. The molecule has 26 heavy (non-hydrogen) atoms. The number of hydrogen-bond acceptors (Lipinski definition) is 4. The molecule has 0 aliphatic heterocycles. The number of esters is 1. The van der Waals surface area contributed by atoms with Crippen molar-refractivity contribution in [2.75, 3.05) is 12.4 Å². The number of nitrogens with one attached hydrogen (secondary N) is 1. The van der Waals surface area contributed by atoms with Crippen LogP contribution in [0.1, 0.15) is 58.0 Å². The van der Waals surface area contributed by atoms with Gasteiger partial charge in [0.2, 0.25) is 5.91 Å². The molecule has 1 aromatic heterocycles. The summed E-state index contributed by atoms with van der Waals surface area (Å²) in [6.07, 6.45) is 5.76. The van der Waals surface area contributed by atoms with Gasteiger partial charge in [-0.05, 0) is 49.1 Å². The molecule has 2 aliphatic carbocycles. The van der Waals surface area contributed by atoms with Gasteiger partial charge in [-0.25, -0.2) is 4.79 Å². The van der Waals surface area contributed by atoms with Gasteiger partial charge in [0.05, 0.1) is 12.7 Å². The average Bonchev–Trinajstić information content (AvgIpc) is 2.97. The van der Waals surface area contributed by atoms with E-state index in [1.54, 1.807) is 11.3 Å². The van der Waals surface area contributed by atoms with Gasteiger partial charge in [0, 0.05) is 10.8 Å². The molecule has 136 valence electrons. The zero-order valence-electron chi connectivity index (χ0n) is 14.9. The quantitative estimate of drug-likeness (QED) is 0.805. The molecule has 4 rings (SSSR count). The predicted molar refractivity (Wildman–Crippen MR) is 103 cm³/mol. The van der Waals surface area contributed by atoms with E-state index in [2.05, 4.69) is 29.6 Å². The zero-order valence-corrected chi connectivity index (χ0v) is 15.7. The lowest BCUT2D eigenvalue weighted by molar-refractivity contribution is -0.122. The SMILES string of the molecule is COC(=O)c1c(NC(=O)C2CCC2)sc2c1CCC(c1ccccc1)C2. The normalized spacial score (nSPS) is 19.3. The summed E-state index contributed by atoms with van der Waals surface area (Å²) in [6, 6.07) is 10.5. The van der Waals surface area contributed by atoms with Gasteiger partial charge in [0.25, 0.3) is 0 Å². The van der Waals surface area contributed by atoms with Crippen LogP contribution in [0.25, 0.3) is 0 Å². The minimum absolute atomic E-state index is 0.0413. The Kier molecular flexibility index (Phi) is 4.81. The first-order chi connectivity index (χ1) is 12.7. The van der Waals surface area contributed by atoms with Crippen LogP contribution in [0.2, 0.25) is 0 Å². The van der Waals surface area contributed by atoms with E-state index in [0.717, 1.165) is 44.1 Å². The molecule has 1 saturated carbocycles. The second kappa shape index (κ2) is 7.23. The lowest BCUT2D eigenvalue weighted by Crippen LogP contribution is -2.28. The highest BCUT2D eigenvalue weighted by Gasteiger charge is 2.32. The first-order valence-corrected chi connectivity index (χ1v) is 10.1. The lowest BCUT2D eigenvalue weighted by atomic mass is 9.83. The van der Waals surface area contributed by atoms with E-state index in [-0.39, 0.29) is 17.8 Å². The van der Waals surface area contributed by atoms with E-state index in [4.69, 9.17) is 4.74 Å². The van der Waals surface area contributed by atoms with E-state index in [0.29, 0.717) is 16.5 Å². The molecule has 1 atom stereocenters. The number of rotatable bonds is 4. The van der Waals surface area contributed by atoms with Gasteiger partial charge < -0.3 is 10.1 Å². The van der Waals surface area contributed by atoms with Crippen LogP contribution < -0.4 is 5.32 Å². The fourth-order valence-electron chi connectivity index (χ4n) is 3.89. The maximum atomic E-state index is 12.4. The van der Waals surface area contributed by atoms with Crippen LogP contribution in [-0.2, 0) is 22.4 Å². The first kappa shape index (κ1) is 17.3. The van der Waals surface area contributed by atoms with Crippen molar-refractivity contribution in [3.8, 4) is 0 Å². The van der Waals surface area contributed by atoms with Gasteiger partial charge >= 0.3 is 5.97 Å². The molecular formula is C21H23NO3S. The molecule has 2 aromatic rings. The van der Waals surface area contributed by atoms with Gasteiger partial charge in [0.15, 0.2) is 0 Å². The minimum Gasteiger partial charge on any atom is -0.465 e. The van der Waals surface area contributed by atoms with Crippen molar-refractivity contribution in [1.29, 1.82) is 0 Å². The lowest BCUT2D eigenvalue weighted by Gasteiger charge is -2.24. The van der Waals surface area contributed by atoms with Crippen LogP contribution >= 0.6 is 11.3 Å². The standard InChI is InChI=1S/C21H23NO3S/c1-25-21(24)18-16-11-10-15(13-6-3-2-4-7-13)12-17(16)26-20(18)22-19(23)14-8-5-9-14/h2-4,6-7,14-15H,5,8-12H2,1H3,(H,22,23). The molecule has 1 heterocycles. The molecule has 0 bridgehead atoms. The van der Waals surface area contributed by atoms with Gasteiger partial charge in [-0.2, -0.15) is 0 Å². The minimum atomic E-state index is -0.343. The molecule has 0 radical (unpaired) electrons. The predicted octanol–water partition coefficient (Wildman–Crippen LogP) is 4.55. The second-order valence-corrected chi connectivity index (χ2v) is 8.27. The summed E-state index contributed by atoms with van der Waals surface area (Å²) in [7, 11) is 1.40. The van der Waals surface area contributed by atoms with Gasteiger partial charge in [0.1, 0.15) is 5.00 Å². The number of thiophene rings is 1. The Labute approximate surface area is 157 Å². The third kappa shape index (κ3) is 3.16. The largest absolute Gasteiger partial charge is 0.465 e. The summed E-state index contributed by atoms with van der Waals surface area (Å²) in [6.45, 7) is 0. The first-order valence-electron chi connectivity index (χ1n) is 9.26. The average molecular weight is 369 g/mol. The molecular weight excluding hydrogens is 346 g/mol.